The van der Waals surface area contributed by atoms with Gasteiger partial charge in [0.2, 0.25) is 0 Å². The highest BCUT2D eigenvalue weighted by atomic mass is 15.2. The summed E-state index contributed by atoms with van der Waals surface area (Å²) in [5.74, 6) is 0. The molecule has 0 N–H and O–H groups in total. The molecule has 8 rings (SSSR count). The van der Waals surface area contributed by atoms with Gasteiger partial charge in [0.1, 0.15) is 0 Å². The Labute approximate surface area is 236 Å². The normalized spacial score (nSPS) is 13.9. The first-order valence-electron chi connectivity index (χ1n) is 14.0. The molecule has 0 fully saturated rings. The Morgan fingerprint density at radius 2 is 0.800 bits per heavy atom. The second-order valence-electron chi connectivity index (χ2n) is 11.4. The molecule has 40 heavy (non-hydrogen) atoms. The van der Waals surface area contributed by atoms with E-state index in [4.69, 9.17) is 0 Å². The highest BCUT2D eigenvalue weighted by molar-refractivity contribution is 6.05. The number of rotatable bonds is 1. The zero-order chi connectivity index (χ0) is 26.8. The van der Waals surface area contributed by atoms with E-state index in [0.717, 1.165) is 0 Å². The number of nitrogens with zero attached hydrogens (tertiary/aromatic N) is 1. The van der Waals surface area contributed by atoms with Crippen molar-refractivity contribution in [2.24, 2.45) is 0 Å². The number of anilines is 3. The van der Waals surface area contributed by atoms with E-state index < -0.39 is 0 Å². The van der Waals surface area contributed by atoms with Gasteiger partial charge in [0.25, 0.3) is 0 Å². The molecule has 0 amide bonds. The lowest BCUT2D eigenvalue weighted by atomic mass is 9.71. The summed E-state index contributed by atoms with van der Waals surface area (Å²) in [6, 6.07) is 51.3. The van der Waals surface area contributed by atoms with Gasteiger partial charge < -0.3 is 4.90 Å². The van der Waals surface area contributed by atoms with Crippen molar-refractivity contribution in [1.82, 2.24) is 0 Å². The zero-order valence-electron chi connectivity index (χ0n) is 22.7. The predicted octanol–water partition coefficient (Wildman–Crippen LogP) is 10.8. The molecule has 0 atom stereocenters. The Hall–Kier alpha value is -4.88. The average molecular weight is 512 g/mol. The second kappa shape index (κ2) is 8.56. The first kappa shape index (κ1) is 23.0. The fraction of sp³-hybridized carbons (Fsp3) is 0.0769. The largest absolute Gasteiger partial charge is 0.310 e. The van der Waals surface area contributed by atoms with Crippen LogP contribution in [0.3, 0.4) is 0 Å². The first-order valence-corrected chi connectivity index (χ1v) is 14.0. The summed E-state index contributed by atoms with van der Waals surface area (Å²) in [6.45, 7) is 4.74. The van der Waals surface area contributed by atoms with Gasteiger partial charge in [-0.2, -0.15) is 0 Å². The van der Waals surface area contributed by atoms with Crippen LogP contribution in [0.2, 0.25) is 0 Å². The van der Waals surface area contributed by atoms with Gasteiger partial charge in [-0.25, -0.2) is 0 Å². The summed E-state index contributed by atoms with van der Waals surface area (Å²) in [4.78, 5) is 2.46. The van der Waals surface area contributed by atoms with Crippen molar-refractivity contribution < 1.29 is 0 Å². The Morgan fingerprint density at radius 3 is 1.35 bits per heavy atom. The molecule has 1 heteroatoms. The Morgan fingerprint density at radius 1 is 0.375 bits per heavy atom. The lowest BCUT2D eigenvalue weighted by Gasteiger charge is -2.43. The molecule has 0 saturated heterocycles. The third-order valence-electron chi connectivity index (χ3n) is 8.82. The van der Waals surface area contributed by atoms with Crippen molar-refractivity contribution in [1.29, 1.82) is 0 Å². The van der Waals surface area contributed by atoms with Crippen LogP contribution in [0.5, 0.6) is 0 Å². The molecule has 6 aromatic rings. The van der Waals surface area contributed by atoms with Gasteiger partial charge in [-0.1, -0.05) is 123 Å². The molecule has 1 aliphatic heterocycles. The summed E-state index contributed by atoms with van der Waals surface area (Å²) >= 11 is 0. The minimum atomic E-state index is -0.166. The molecule has 0 radical (unpaired) electrons. The van der Waals surface area contributed by atoms with Crippen molar-refractivity contribution in [2.45, 2.75) is 19.3 Å². The number of hydrogen-bond donors (Lipinski definition) is 0. The van der Waals surface area contributed by atoms with Gasteiger partial charge in [-0.3, -0.25) is 0 Å². The number of benzene rings is 6. The SMILES string of the molecule is CC1(C)c2ccccc2N(c2ccccc2)c2cc3c(cc21)-c1ccccc1-c1ccccc1-c1ccccc1-3. The van der Waals surface area contributed by atoms with Gasteiger partial charge in [0, 0.05) is 11.1 Å². The van der Waals surface area contributed by atoms with Gasteiger partial charge in [-0.05, 0) is 86.0 Å². The summed E-state index contributed by atoms with van der Waals surface area (Å²) < 4.78 is 0. The van der Waals surface area contributed by atoms with Crippen LogP contribution in [-0.4, -0.2) is 0 Å². The smallest absolute Gasteiger partial charge is 0.0509 e. The van der Waals surface area contributed by atoms with E-state index >= 15 is 0 Å². The van der Waals surface area contributed by atoms with Gasteiger partial charge in [-0.15, -0.1) is 0 Å². The van der Waals surface area contributed by atoms with Crippen molar-refractivity contribution in [2.75, 3.05) is 4.90 Å². The minimum Gasteiger partial charge on any atom is -0.310 e. The summed E-state index contributed by atoms with van der Waals surface area (Å²) in [5.41, 5.74) is 16.4. The lowest BCUT2D eigenvalue weighted by molar-refractivity contribution is 0.632. The Kier molecular flexibility index (Phi) is 4.93. The second-order valence-corrected chi connectivity index (χ2v) is 11.4. The van der Waals surface area contributed by atoms with E-state index in [2.05, 4.69) is 158 Å². The molecule has 1 nitrogen and oxygen atoms in total. The molecule has 1 heterocycles. The van der Waals surface area contributed by atoms with Crippen LogP contribution in [0.25, 0.3) is 44.5 Å². The van der Waals surface area contributed by atoms with E-state index in [9.17, 15) is 0 Å². The standard InChI is InChI=1S/C39H29N/c1-39(2)35-22-12-13-23-37(35)40(26-14-4-3-5-15-26)38-25-34-32-21-11-9-19-30(32)28-17-7-6-16-27(28)29-18-8-10-20-31(29)33(34)24-36(38)39/h3-25H,1-2H3. The maximum absolute atomic E-state index is 2.49. The number of hydrogen-bond acceptors (Lipinski definition) is 1. The summed E-state index contributed by atoms with van der Waals surface area (Å²) in [7, 11) is 0. The molecule has 0 saturated carbocycles. The molecular formula is C39H29N. The lowest BCUT2D eigenvalue weighted by Crippen LogP contribution is -2.30. The van der Waals surface area contributed by atoms with E-state index in [-0.39, 0.29) is 5.41 Å². The molecule has 1 aliphatic carbocycles. The van der Waals surface area contributed by atoms with Crippen LogP contribution in [0.15, 0.2) is 140 Å². The highest BCUT2D eigenvalue weighted by Gasteiger charge is 2.38. The predicted molar refractivity (Wildman–Crippen MR) is 169 cm³/mol. The summed E-state index contributed by atoms with van der Waals surface area (Å²) in [6.07, 6.45) is 0. The fourth-order valence-electron chi connectivity index (χ4n) is 6.91. The molecule has 0 unspecified atom stereocenters. The molecule has 2 aliphatic rings. The van der Waals surface area contributed by atoms with E-state index in [1.165, 1.54) is 72.7 Å². The van der Waals surface area contributed by atoms with Crippen LogP contribution in [0, 0.1) is 0 Å². The number of para-hydroxylation sites is 2. The van der Waals surface area contributed by atoms with E-state index in [0.29, 0.717) is 0 Å². The van der Waals surface area contributed by atoms with Crippen molar-refractivity contribution >= 4 is 17.1 Å². The minimum absolute atomic E-state index is 0.166. The average Bonchev–Trinajstić information content (AvgIpc) is 3.01. The molecule has 6 aromatic carbocycles. The zero-order valence-corrected chi connectivity index (χ0v) is 22.7. The van der Waals surface area contributed by atoms with Gasteiger partial charge in [0.05, 0.1) is 11.4 Å². The maximum Gasteiger partial charge on any atom is 0.0509 e. The molecular weight excluding hydrogens is 482 g/mol. The fourth-order valence-corrected chi connectivity index (χ4v) is 6.91. The Bertz CT molecular complexity index is 1930. The third kappa shape index (κ3) is 3.21. The molecule has 0 spiro atoms. The van der Waals surface area contributed by atoms with Crippen LogP contribution in [0.1, 0.15) is 25.0 Å². The topological polar surface area (TPSA) is 3.24 Å². The van der Waals surface area contributed by atoms with Crippen molar-refractivity contribution in [3.05, 3.63) is 151 Å². The first-order chi connectivity index (χ1) is 19.6. The quantitative estimate of drug-likeness (QED) is 0.212. The van der Waals surface area contributed by atoms with Crippen LogP contribution in [0.4, 0.5) is 17.1 Å². The maximum atomic E-state index is 2.49. The molecule has 190 valence electrons. The highest BCUT2D eigenvalue weighted by Crippen LogP contribution is 2.56. The van der Waals surface area contributed by atoms with Crippen LogP contribution >= 0.6 is 0 Å². The van der Waals surface area contributed by atoms with Crippen LogP contribution in [-0.2, 0) is 5.41 Å². The van der Waals surface area contributed by atoms with Gasteiger partial charge in [0.15, 0.2) is 0 Å². The summed E-state index contributed by atoms with van der Waals surface area (Å²) in [5, 5.41) is 0. The van der Waals surface area contributed by atoms with E-state index in [1.54, 1.807) is 0 Å². The number of fused-ring (bicyclic) bond motifs is 10. The Balaban J connectivity index is 1.52. The van der Waals surface area contributed by atoms with E-state index in [1.807, 2.05) is 0 Å². The monoisotopic (exact) mass is 511 g/mol. The van der Waals surface area contributed by atoms with Crippen molar-refractivity contribution in [3.8, 4) is 44.5 Å². The molecule has 0 aromatic heterocycles. The van der Waals surface area contributed by atoms with Crippen LogP contribution < -0.4 is 4.90 Å². The van der Waals surface area contributed by atoms with Gasteiger partial charge >= 0.3 is 0 Å². The third-order valence-corrected chi connectivity index (χ3v) is 8.82. The van der Waals surface area contributed by atoms with Crippen molar-refractivity contribution in [3.63, 3.8) is 0 Å². The molecule has 0 bridgehead atoms.